The summed E-state index contributed by atoms with van der Waals surface area (Å²) in [5.41, 5.74) is 0. The van der Waals surface area contributed by atoms with Gasteiger partial charge in [-0.3, -0.25) is 0 Å². The zero-order valence-electron chi connectivity index (χ0n) is 8.07. The second-order valence-corrected chi connectivity index (χ2v) is 3.67. The summed E-state index contributed by atoms with van der Waals surface area (Å²) >= 11 is 0.569. The predicted octanol–water partition coefficient (Wildman–Crippen LogP) is -2.39. The average Bonchev–Trinajstić information content (AvgIpc) is 2.06. The van der Waals surface area contributed by atoms with Gasteiger partial charge in [-0.15, -0.1) is 0 Å². The summed E-state index contributed by atoms with van der Waals surface area (Å²) < 4.78 is 0. The molecule has 2 N–H and O–H groups in total. The van der Waals surface area contributed by atoms with Crippen LogP contribution in [-0.2, 0) is 38.7 Å². The summed E-state index contributed by atoms with van der Waals surface area (Å²) in [5, 5.41) is 34.6. The van der Waals surface area contributed by atoms with Crippen LogP contribution in [0.3, 0.4) is 0 Å². The van der Waals surface area contributed by atoms with E-state index in [1.54, 1.807) is 0 Å². The van der Waals surface area contributed by atoms with Crippen LogP contribution in [0.15, 0.2) is 0 Å². The van der Waals surface area contributed by atoms with Gasteiger partial charge in [0.25, 0.3) is 0 Å². The second kappa shape index (κ2) is 17.8. The standard InChI is InChI=1S/2C3H6O3.2ClH.2Ni/c2*1-2(4)3(5)6;;;;/h2*2,4H,1H3,(H,5,6);2*1H;;/q;;;;2*+2/p-4. The third kappa shape index (κ3) is 36.6. The Morgan fingerprint density at radius 1 is 1.06 bits per heavy atom. The molecular formula is C6H10Cl2Ni2O6. The summed E-state index contributed by atoms with van der Waals surface area (Å²) in [6.07, 6.45) is -2.69. The van der Waals surface area contributed by atoms with Crippen molar-refractivity contribution >= 4 is 32.3 Å². The largest absolute Gasteiger partial charge is 2.00 e. The van der Waals surface area contributed by atoms with Crippen molar-refractivity contribution in [2.75, 3.05) is 0 Å². The Morgan fingerprint density at radius 3 is 1.12 bits per heavy atom. The van der Waals surface area contributed by atoms with Gasteiger partial charge in [-0.2, -0.15) is 0 Å². The topological polar surface area (TPSA) is 121 Å². The molecular weight excluding hydrogens is 356 g/mol. The number of halogens is 2. The van der Waals surface area contributed by atoms with E-state index in [1.165, 1.54) is 0 Å². The van der Waals surface area contributed by atoms with Crippen molar-refractivity contribution in [3.8, 4) is 0 Å². The molecule has 2 unspecified atom stereocenters. The number of hydrogen-bond donors (Lipinski definition) is 2. The van der Waals surface area contributed by atoms with Gasteiger partial charge >= 0.3 is 49.5 Å². The van der Waals surface area contributed by atoms with Gasteiger partial charge in [0.2, 0.25) is 0 Å². The van der Waals surface area contributed by atoms with Gasteiger partial charge in [0.05, 0.1) is 24.1 Å². The maximum atomic E-state index is 9.34. The summed E-state index contributed by atoms with van der Waals surface area (Å²) in [4.78, 5) is 18.7. The van der Waals surface area contributed by atoms with Crippen molar-refractivity contribution in [3.05, 3.63) is 0 Å². The number of carboxylic acids is 2. The molecule has 0 aromatic heterocycles. The average molecular weight is 366 g/mol. The number of carbonyl (C=O) groups excluding carboxylic acids is 2. The van der Waals surface area contributed by atoms with Crippen LogP contribution in [0.25, 0.3) is 0 Å². The predicted molar refractivity (Wildman–Crippen MR) is 45.1 cm³/mol. The minimum Gasteiger partial charge on any atom is 2.00 e. The maximum absolute atomic E-state index is 9.34. The Morgan fingerprint density at radius 2 is 1.12 bits per heavy atom. The summed E-state index contributed by atoms with van der Waals surface area (Å²) in [6.45, 7) is 2.27. The van der Waals surface area contributed by atoms with Gasteiger partial charge in [-0.05, 0) is 13.8 Å². The molecule has 6 nitrogen and oxygen atoms in total. The van der Waals surface area contributed by atoms with Gasteiger partial charge in [-0.1, -0.05) is 0 Å². The van der Waals surface area contributed by atoms with Crippen molar-refractivity contribution in [2.24, 2.45) is 0 Å². The number of carboxylic acid groups (broad SMARTS) is 2. The number of carbonyl (C=O) groups is 2. The number of aliphatic carboxylic acids is 2. The van der Waals surface area contributed by atoms with Crippen LogP contribution in [0.1, 0.15) is 13.8 Å². The number of aliphatic hydroxyl groups excluding tert-OH is 2. The maximum Gasteiger partial charge on any atom is 2.00 e. The monoisotopic (exact) mass is 364 g/mol. The Labute approximate surface area is 117 Å². The van der Waals surface area contributed by atoms with Crippen LogP contribution in [0.5, 0.6) is 0 Å². The normalized spacial score (nSPS) is 11.6. The molecule has 104 valence electrons. The second-order valence-electron chi connectivity index (χ2n) is 2.04. The van der Waals surface area contributed by atoms with Crippen molar-refractivity contribution in [2.45, 2.75) is 26.1 Å². The van der Waals surface area contributed by atoms with Crippen LogP contribution < -0.4 is 10.2 Å². The molecule has 0 heterocycles. The van der Waals surface area contributed by atoms with E-state index in [0.717, 1.165) is 13.8 Å². The van der Waals surface area contributed by atoms with Gasteiger partial charge in [0.15, 0.2) is 0 Å². The third-order valence-electron chi connectivity index (χ3n) is 0.682. The molecule has 10 heteroatoms. The van der Waals surface area contributed by atoms with Crippen LogP contribution in [0.2, 0.25) is 0 Å². The quantitative estimate of drug-likeness (QED) is 0.526. The van der Waals surface area contributed by atoms with E-state index in [2.05, 4.69) is 0 Å². The zero-order valence-corrected chi connectivity index (χ0v) is 11.6. The Balaban J connectivity index is -0.0000000692. The molecule has 0 saturated heterocycles. The minimum atomic E-state index is -1.44. The molecule has 0 spiro atoms. The molecule has 0 aliphatic carbocycles. The number of rotatable bonds is 2. The Kier molecular flexibility index (Phi) is 28.2. The third-order valence-corrected chi connectivity index (χ3v) is 0.682. The number of aliphatic hydroxyl groups is 2. The first-order chi connectivity index (χ1) is 6.70. The molecule has 0 radical (unpaired) electrons. The van der Waals surface area contributed by atoms with Crippen LogP contribution >= 0.6 is 20.4 Å². The van der Waals surface area contributed by atoms with E-state index in [9.17, 15) is 19.8 Å². The fraction of sp³-hybridized carbons (Fsp3) is 0.667. The molecule has 0 amide bonds. The van der Waals surface area contributed by atoms with Crippen molar-refractivity contribution in [1.82, 2.24) is 0 Å². The van der Waals surface area contributed by atoms with E-state index >= 15 is 0 Å². The van der Waals surface area contributed by atoms with E-state index < -0.39 is 24.1 Å². The van der Waals surface area contributed by atoms with Crippen LogP contribution in [0, 0.1) is 0 Å². The first-order valence-corrected chi connectivity index (χ1v) is 6.02. The molecule has 0 aliphatic heterocycles. The van der Waals surface area contributed by atoms with E-state index in [-0.39, 0.29) is 16.5 Å². The van der Waals surface area contributed by atoms with Crippen molar-refractivity contribution in [1.29, 1.82) is 0 Å². The zero-order chi connectivity index (χ0) is 13.0. The fourth-order valence-corrected chi connectivity index (χ4v) is 0. The van der Waals surface area contributed by atoms with Gasteiger partial charge in [0.1, 0.15) is 0 Å². The molecule has 0 aliphatic rings. The Bertz CT molecular complexity index is 160. The summed E-state index contributed by atoms with van der Waals surface area (Å²) in [7, 11) is 9.40. The van der Waals surface area contributed by atoms with Gasteiger partial charge < -0.3 is 30.0 Å². The first kappa shape index (κ1) is 25.3. The molecule has 0 fully saturated rings. The smallest absolute Gasteiger partial charge is 2.00 e. The van der Waals surface area contributed by atoms with E-state index in [4.69, 9.17) is 30.6 Å². The van der Waals surface area contributed by atoms with Crippen molar-refractivity contribution < 1.29 is 59.2 Å². The van der Waals surface area contributed by atoms with Crippen LogP contribution in [0.4, 0.5) is 0 Å². The molecule has 2 atom stereocenters. The molecule has 0 aromatic carbocycles. The number of hydrogen-bond acceptors (Lipinski definition) is 6. The Hall–Kier alpha value is 0.427. The van der Waals surface area contributed by atoms with Gasteiger partial charge in [-0.25, -0.2) is 0 Å². The molecule has 16 heavy (non-hydrogen) atoms. The van der Waals surface area contributed by atoms with E-state index in [0.29, 0.717) is 12.7 Å². The van der Waals surface area contributed by atoms with Gasteiger partial charge in [0, 0.05) is 0 Å². The first-order valence-electron chi connectivity index (χ1n) is 3.30. The molecule has 0 bridgehead atoms. The summed E-state index contributed by atoms with van der Waals surface area (Å²) in [5.74, 6) is -2.87. The molecule has 0 rings (SSSR count). The fourth-order valence-electron chi connectivity index (χ4n) is 0. The van der Waals surface area contributed by atoms with E-state index in [1.807, 2.05) is 0 Å². The SMILES string of the molecule is CC(O)C(=O)[O-].CC(O)C(=O)[O-].[Cl][Ni][Cl].[Ni+2]. The summed E-state index contributed by atoms with van der Waals surface area (Å²) in [6, 6.07) is 0. The van der Waals surface area contributed by atoms with Crippen LogP contribution in [-0.4, -0.2) is 34.4 Å². The molecule has 0 saturated carbocycles. The molecule has 0 aromatic rings. The minimum absolute atomic E-state index is 0. The van der Waals surface area contributed by atoms with Crippen molar-refractivity contribution in [3.63, 3.8) is 0 Å².